The van der Waals surface area contributed by atoms with Crippen LogP contribution < -0.4 is 4.74 Å². The summed E-state index contributed by atoms with van der Waals surface area (Å²) in [4.78, 5) is 4.52. The van der Waals surface area contributed by atoms with E-state index in [4.69, 9.17) is 4.74 Å². The lowest BCUT2D eigenvalue weighted by Gasteiger charge is -2.07. The molecular formula is C18H14F3NOS. The van der Waals surface area contributed by atoms with Gasteiger partial charge in [-0.05, 0) is 35.9 Å². The summed E-state index contributed by atoms with van der Waals surface area (Å²) in [5.74, 6) is 0.762. The van der Waals surface area contributed by atoms with Gasteiger partial charge in [0.25, 0.3) is 0 Å². The van der Waals surface area contributed by atoms with E-state index in [9.17, 15) is 13.2 Å². The van der Waals surface area contributed by atoms with Crippen molar-refractivity contribution in [1.82, 2.24) is 4.98 Å². The third kappa shape index (κ3) is 3.76. The Hall–Kier alpha value is -2.34. The molecule has 24 heavy (non-hydrogen) atoms. The van der Waals surface area contributed by atoms with Gasteiger partial charge in [-0.25, -0.2) is 4.98 Å². The van der Waals surface area contributed by atoms with Gasteiger partial charge < -0.3 is 4.74 Å². The Morgan fingerprint density at radius 3 is 2.50 bits per heavy atom. The SMILES string of the molecule is COc1ccc(-c2csc(Cc3cccc(C(F)(F)F)c3)n2)cc1. The fourth-order valence-electron chi connectivity index (χ4n) is 2.32. The van der Waals surface area contributed by atoms with Gasteiger partial charge in [0.1, 0.15) is 5.75 Å². The molecule has 0 unspecified atom stereocenters. The maximum absolute atomic E-state index is 12.8. The van der Waals surface area contributed by atoms with Gasteiger partial charge in [0.05, 0.1) is 23.4 Å². The van der Waals surface area contributed by atoms with E-state index in [-0.39, 0.29) is 0 Å². The average Bonchev–Trinajstić information content (AvgIpc) is 3.03. The summed E-state index contributed by atoms with van der Waals surface area (Å²) in [6, 6.07) is 12.9. The number of hydrogen-bond acceptors (Lipinski definition) is 3. The van der Waals surface area contributed by atoms with Crippen LogP contribution in [0.4, 0.5) is 13.2 Å². The van der Waals surface area contributed by atoms with Crippen molar-refractivity contribution in [2.75, 3.05) is 7.11 Å². The van der Waals surface area contributed by atoms with Crippen molar-refractivity contribution in [3.05, 3.63) is 70.0 Å². The molecule has 1 heterocycles. The molecule has 0 N–H and O–H groups in total. The predicted octanol–water partition coefficient (Wildman–Crippen LogP) is 5.43. The van der Waals surface area contributed by atoms with Crippen molar-refractivity contribution >= 4 is 11.3 Å². The van der Waals surface area contributed by atoms with Crippen LogP contribution in [0.1, 0.15) is 16.1 Å². The highest BCUT2D eigenvalue weighted by Crippen LogP contribution is 2.30. The molecule has 0 aliphatic heterocycles. The Balaban J connectivity index is 1.79. The van der Waals surface area contributed by atoms with Crippen LogP contribution in [0, 0.1) is 0 Å². The molecule has 0 radical (unpaired) electrons. The fraction of sp³-hybridized carbons (Fsp3) is 0.167. The third-order valence-electron chi connectivity index (χ3n) is 3.55. The standard InChI is InChI=1S/C18H14F3NOS/c1-23-15-7-5-13(6-8-15)16-11-24-17(22-16)10-12-3-2-4-14(9-12)18(19,20)21/h2-9,11H,10H2,1H3. The summed E-state index contributed by atoms with van der Waals surface area (Å²) in [7, 11) is 1.60. The van der Waals surface area contributed by atoms with Crippen molar-refractivity contribution in [3.8, 4) is 17.0 Å². The second kappa shape index (κ2) is 6.65. The number of benzene rings is 2. The van der Waals surface area contributed by atoms with Crippen molar-refractivity contribution < 1.29 is 17.9 Å². The normalized spacial score (nSPS) is 11.5. The van der Waals surface area contributed by atoms with Crippen LogP contribution in [0.3, 0.4) is 0 Å². The molecule has 6 heteroatoms. The molecule has 3 rings (SSSR count). The maximum Gasteiger partial charge on any atom is 0.416 e. The minimum Gasteiger partial charge on any atom is -0.497 e. The highest BCUT2D eigenvalue weighted by Gasteiger charge is 2.30. The van der Waals surface area contributed by atoms with Gasteiger partial charge in [-0.2, -0.15) is 13.2 Å². The Morgan fingerprint density at radius 2 is 1.83 bits per heavy atom. The van der Waals surface area contributed by atoms with E-state index in [1.165, 1.54) is 23.5 Å². The molecule has 3 aromatic rings. The molecule has 0 saturated carbocycles. The molecule has 0 fully saturated rings. The van der Waals surface area contributed by atoms with E-state index in [1.54, 1.807) is 13.2 Å². The number of alkyl halides is 3. The van der Waals surface area contributed by atoms with Crippen molar-refractivity contribution in [2.45, 2.75) is 12.6 Å². The third-order valence-corrected chi connectivity index (χ3v) is 4.40. The Labute approximate surface area is 141 Å². The monoisotopic (exact) mass is 349 g/mol. The molecular weight excluding hydrogens is 335 g/mol. The Bertz CT molecular complexity index is 825. The lowest BCUT2D eigenvalue weighted by atomic mass is 10.1. The summed E-state index contributed by atoms with van der Waals surface area (Å²) in [5, 5.41) is 2.69. The van der Waals surface area contributed by atoms with E-state index in [0.717, 1.165) is 28.1 Å². The predicted molar refractivity (Wildman–Crippen MR) is 88.4 cm³/mol. The lowest BCUT2D eigenvalue weighted by Crippen LogP contribution is -2.05. The molecule has 0 spiro atoms. The van der Waals surface area contributed by atoms with Gasteiger partial charge >= 0.3 is 6.18 Å². The lowest BCUT2D eigenvalue weighted by molar-refractivity contribution is -0.137. The van der Waals surface area contributed by atoms with Gasteiger partial charge in [-0.3, -0.25) is 0 Å². The van der Waals surface area contributed by atoms with Gasteiger partial charge in [-0.15, -0.1) is 11.3 Å². The fourth-order valence-corrected chi connectivity index (χ4v) is 3.16. The molecule has 2 nitrogen and oxygen atoms in total. The second-order valence-corrected chi connectivity index (χ2v) is 6.17. The number of hydrogen-bond donors (Lipinski definition) is 0. The van der Waals surface area contributed by atoms with Gasteiger partial charge in [0.2, 0.25) is 0 Å². The van der Waals surface area contributed by atoms with Crippen LogP contribution in [0.2, 0.25) is 0 Å². The molecule has 0 amide bonds. The highest BCUT2D eigenvalue weighted by molar-refractivity contribution is 7.10. The maximum atomic E-state index is 12.8. The van der Waals surface area contributed by atoms with Crippen LogP contribution >= 0.6 is 11.3 Å². The summed E-state index contributed by atoms with van der Waals surface area (Å²) in [6.07, 6.45) is -3.95. The largest absolute Gasteiger partial charge is 0.497 e. The second-order valence-electron chi connectivity index (χ2n) is 5.23. The van der Waals surface area contributed by atoms with Gasteiger partial charge in [-0.1, -0.05) is 18.2 Å². The van der Waals surface area contributed by atoms with Crippen LogP contribution in [-0.2, 0) is 12.6 Å². The van der Waals surface area contributed by atoms with E-state index < -0.39 is 11.7 Å². The van der Waals surface area contributed by atoms with Crippen LogP contribution in [0.25, 0.3) is 11.3 Å². The highest BCUT2D eigenvalue weighted by atomic mass is 32.1. The van der Waals surface area contributed by atoms with E-state index in [1.807, 2.05) is 29.6 Å². The van der Waals surface area contributed by atoms with Crippen molar-refractivity contribution in [1.29, 1.82) is 0 Å². The topological polar surface area (TPSA) is 22.1 Å². The minimum absolute atomic E-state index is 0.380. The molecule has 124 valence electrons. The molecule has 0 bridgehead atoms. The molecule has 0 atom stereocenters. The summed E-state index contributed by atoms with van der Waals surface area (Å²) in [6.45, 7) is 0. The first-order chi connectivity index (χ1) is 11.5. The molecule has 1 aromatic heterocycles. The van der Waals surface area contributed by atoms with Crippen LogP contribution in [-0.4, -0.2) is 12.1 Å². The zero-order chi connectivity index (χ0) is 17.2. The zero-order valence-corrected chi connectivity index (χ0v) is 13.6. The molecule has 0 aliphatic rings. The minimum atomic E-state index is -4.33. The number of nitrogens with zero attached hydrogens (tertiary/aromatic N) is 1. The van der Waals surface area contributed by atoms with Crippen molar-refractivity contribution in [2.24, 2.45) is 0 Å². The number of ether oxygens (including phenoxy) is 1. The zero-order valence-electron chi connectivity index (χ0n) is 12.8. The quantitative estimate of drug-likeness (QED) is 0.627. The van der Waals surface area contributed by atoms with Crippen LogP contribution in [0.15, 0.2) is 53.9 Å². The van der Waals surface area contributed by atoms with Gasteiger partial charge in [0.15, 0.2) is 0 Å². The molecule has 0 saturated heterocycles. The first kappa shape index (κ1) is 16.5. The van der Waals surface area contributed by atoms with E-state index >= 15 is 0 Å². The number of thiazole rings is 1. The smallest absolute Gasteiger partial charge is 0.416 e. The number of rotatable bonds is 4. The van der Waals surface area contributed by atoms with Crippen molar-refractivity contribution in [3.63, 3.8) is 0 Å². The first-order valence-corrected chi connectivity index (χ1v) is 8.08. The van der Waals surface area contributed by atoms with Crippen LogP contribution in [0.5, 0.6) is 5.75 Å². The number of halogens is 3. The number of aromatic nitrogens is 1. The van der Waals surface area contributed by atoms with Gasteiger partial charge in [0, 0.05) is 17.4 Å². The van der Waals surface area contributed by atoms with E-state index in [0.29, 0.717) is 12.0 Å². The summed E-state index contributed by atoms with van der Waals surface area (Å²) >= 11 is 1.44. The number of methoxy groups -OCH3 is 1. The average molecular weight is 349 g/mol. The molecule has 2 aromatic carbocycles. The summed E-state index contributed by atoms with van der Waals surface area (Å²) in [5.41, 5.74) is 1.72. The Morgan fingerprint density at radius 1 is 1.08 bits per heavy atom. The molecule has 0 aliphatic carbocycles. The summed E-state index contributed by atoms with van der Waals surface area (Å²) < 4.78 is 43.4. The Kier molecular flexibility index (Phi) is 4.57. The van der Waals surface area contributed by atoms with E-state index in [2.05, 4.69) is 4.98 Å². The first-order valence-electron chi connectivity index (χ1n) is 7.20.